The van der Waals surface area contributed by atoms with Crippen molar-refractivity contribution >= 4 is 18.6 Å². The number of hydrogen-bond donors (Lipinski definition) is 2. The molecule has 99 valence electrons. The van der Waals surface area contributed by atoms with Crippen LogP contribution >= 0.6 is 0 Å². The third kappa shape index (κ3) is 4.04. The average molecular weight is 248 g/mol. The molecule has 0 saturated heterocycles. The van der Waals surface area contributed by atoms with Crippen molar-refractivity contribution in [3.8, 4) is 0 Å². The third-order valence-corrected chi connectivity index (χ3v) is 3.23. The lowest BCUT2D eigenvalue weighted by atomic mass is 9.82. The summed E-state index contributed by atoms with van der Waals surface area (Å²) in [7, 11) is 1.69. The van der Waals surface area contributed by atoms with E-state index in [1.54, 1.807) is 21.3 Å². The third-order valence-electron chi connectivity index (χ3n) is 3.23. The summed E-state index contributed by atoms with van der Waals surface area (Å²) in [5.74, 6) is 0. The van der Waals surface area contributed by atoms with Gasteiger partial charge in [-0.1, -0.05) is 17.6 Å². The van der Waals surface area contributed by atoms with E-state index in [0.29, 0.717) is 0 Å². The van der Waals surface area contributed by atoms with Crippen molar-refractivity contribution in [2.45, 2.75) is 45.8 Å². The highest BCUT2D eigenvalue weighted by atomic mass is 16.5. The van der Waals surface area contributed by atoms with Crippen molar-refractivity contribution in [3.63, 3.8) is 0 Å². The predicted molar refractivity (Wildman–Crippen MR) is 77.5 cm³/mol. The first kappa shape index (κ1) is 15.1. The van der Waals surface area contributed by atoms with Crippen LogP contribution in [0, 0.1) is 0 Å². The first-order chi connectivity index (χ1) is 8.26. The Morgan fingerprint density at radius 3 is 2.50 bits per heavy atom. The van der Waals surface area contributed by atoms with Gasteiger partial charge in [0.05, 0.1) is 11.2 Å². The van der Waals surface area contributed by atoms with Gasteiger partial charge in [0.1, 0.15) is 0 Å². The van der Waals surface area contributed by atoms with Crippen LogP contribution in [0.2, 0.25) is 0 Å². The van der Waals surface area contributed by atoms with E-state index in [4.69, 9.17) is 4.65 Å². The van der Waals surface area contributed by atoms with E-state index < -0.39 is 11.2 Å². The molecule has 2 N–H and O–H groups in total. The van der Waals surface area contributed by atoms with Gasteiger partial charge in [0.2, 0.25) is 0 Å². The largest absolute Gasteiger partial charge is 0.427 e. The summed E-state index contributed by atoms with van der Waals surface area (Å²) in [6, 6.07) is 7.98. The second-order valence-electron chi connectivity index (χ2n) is 5.46. The molecule has 0 saturated carbocycles. The molecular weight excluding hydrogens is 225 g/mol. The van der Waals surface area contributed by atoms with E-state index >= 15 is 0 Å². The Labute approximate surface area is 111 Å². The average Bonchev–Trinajstić information content (AvgIpc) is 2.26. The van der Waals surface area contributed by atoms with Gasteiger partial charge in [-0.3, -0.25) is 0 Å². The topological polar surface area (TPSA) is 41.5 Å². The van der Waals surface area contributed by atoms with Crippen LogP contribution in [-0.2, 0) is 4.65 Å². The van der Waals surface area contributed by atoms with Gasteiger partial charge < -0.3 is 15.1 Å². The molecule has 0 bridgehead atoms. The van der Waals surface area contributed by atoms with E-state index in [1.807, 2.05) is 38.1 Å². The quantitative estimate of drug-likeness (QED) is 0.756. The summed E-state index contributed by atoms with van der Waals surface area (Å²) in [6.07, 6.45) is 0. The number of rotatable bonds is 6. The smallest absolute Gasteiger partial charge is 0.330 e. The van der Waals surface area contributed by atoms with Gasteiger partial charge in [0.15, 0.2) is 0 Å². The lowest BCUT2D eigenvalue weighted by Crippen LogP contribution is -2.49. The van der Waals surface area contributed by atoms with Crippen molar-refractivity contribution in [3.05, 3.63) is 24.3 Å². The number of nitrogens with one attached hydrogen (secondary N) is 1. The van der Waals surface area contributed by atoms with Gasteiger partial charge in [0, 0.05) is 12.2 Å². The Morgan fingerprint density at radius 2 is 1.94 bits per heavy atom. The van der Waals surface area contributed by atoms with Crippen LogP contribution in [0.5, 0.6) is 0 Å². The zero-order valence-electron chi connectivity index (χ0n) is 11.9. The van der Waals surface area contributed by atoms with E-state index in [9.17, 15) is 5.11 Å². The minimum Gasteiger partial charge on any atom is -0.427 e. The first-order valence-corrected chi connectivity index (χ1v) is 6.33. The van der Waals surface area contributed by atoms with Crippen LogP contribution in [0.3, 0.4) is 0 Å². The summed E-state index contributed by atoms with van der Waals surface area (Å²) < 4.78 is 5.71. The fourth-order valence-electron chi connectivity index (χ4n) is 1.29. The molecule has 1 radical (unpaired) electrons. The highest BCUT2D eigenvalue weighted by Gasteiger charge is 2.35. The number of benzene rings is 1. The molecule has 0 spiro atoms. The van der Waals surface area contributed by atoms with Crippen LogP contribution < -0.4 is 10.8 Å². The number of hydrogen-bond acceptors (Lipinski definition) is 3. The van der Waals surface area contributed by atoms with Crippen LogP contribution in [0.1, 0.15) is 34.6 Å². The molecule has 0 heterocycles. The highest BCUT2D eigenvalue weighted by Crippen LogP contribution is 2.24. The predicted octanol–water partition coefficient (Wildman–Crippen LogP) is 1.93. The van der Waals surface area contributed by atoms with Gasteiger partial charge in [0.25, 0.3) is 0 Å². The number of anilines is 1. The summed E-state index contributed by atoms with van der Waals surface area (Å²) >= 11 is 0. The van der Waals surface area contributed by atoms with Crippen LogP contribution in [0.4, 0.5) is 5.69 Å². The van der Waals surface area contributed by atoms with Crippen LogP contribution in [0.15, 0.2) is 24.3 Å². The van der Waals surface area contributed by atoms with Crippen molar-refractivity contribution in [2.75, 3.05) is 11.9 Å². The Hall–Kier alpha value is -0.995. The maximum absolute atomic E-state index is 10.0. The summed E-state index contributed by atoms with van der Waals surface area (Å²) in [5.41, 5.74) is 0.506. The van der Waals surface area contributed by atoms with Gasteiger partial charge in [-0.2, -0.15) is 0 Å². The summed E-state index contributed by atoms with van der Waals surface area (Å²) in [4.78, 5) is 0. The molecule has 0 amide bonds. The fraction of sp³-hybridized carbons (Fsp3) is 0.571. The molecule has 0 fully saturated rings. The number of aliphatic hydroxyl groups is 1. The lowest BCUT2D eigenvalue weighted by Gasteiger charge is -2.37. The molecule has 0 unspecified atom stereocenters. The van der Waals surface area contributed by atoms with E-state index in [2.05, 4.69) is 12.2 Å². The minimum absolute atomic E-state index is 0.638. The molecule has 0 aliphatic carbocycles. The normalized spacial score (nSPS) is 12.3. The van der Waals surface area contributed by atoms with E-state index in [-0.39, 0.29) is 0 Å². The molecular formula is C14H23BNO2. The van der Waals surface area contributed by atoms with Crippen molar-refractivity contribution in [1.29, 1.82) is 0 Å². The molecule has 1 aromatic carbocycles. The SMILES string of the molecule is CCNc1cccc([B]OC(C)(C)C(C)(C)O)c1. The van der Waals surface area contributed by atoms with Gasteiger partial charge in [-0.15, -0.1) is 0 Å². The minimum atomic E-state index is -0.900. The van der Waals surface area contributed by atoms with Gasteiger partial charge in [-0.25, -0.2) is 0 Å². The molecule has 0 aromatic heterocycles. The van der Waals surface area contributed by atoms with Gasteiger partial charge in [-0.05, 0) is 46.8 Å². The van der Waals surface area contributed by atoms with Crippen LogP contribution in [-0.4, -0.2) is 30.3 Å². The van der Waals surface area contributed by atoms with Crippen molar-refractivity contribution in [2.24, 2.45) is 0 Å². The summed E-state index contributed by atoms with van der Waals surface area (Å²) in [6.45, 7) is 10.2. The summed E-state index contributed by atoms with van der Waals surface area (Å²) in [5, 5.41) is 13.3. The fourth-order valence-corrected chi connectivity index (χ4v) is 1.29. The molecule has 0 aliphatic rings. The Bertz CT molecular complexity index is 386. The first-order valence-electron chi connectivity index (χ1n) is 6.33. The second-order valence-corrected chi connectivity index (χ2v) is 5.46. The standard InChI is InChI=1S/C14H23BNO2/c1-6-16-12-9-7-8-11(10-12)15-18-14(4,5)13(2,3)17/h7-10,16-17H,6H2,1-5H3. The molecule has 4 heteroatoms. The van der Waals surface area contributed by atoms with E-state index in [1.165, 1.54) is 0 Å². The molecule has 1 rings (SSSR count). The Balaban J connectivity index is 2.66. The molecule has 0 aliphatic heterocycles. The van der Waals surface area contributed by atoms with Gasteiger partial charge >= 0.3 is 7.48 Å². The molecule has 18 heavy (non-hydrogen) atoms. The molecule has 0 atom stereocenters. The lowest BCUT2D eigenvalue weighted by molar-refractivity contribution is -0.0893. The Morgan fingerprint density at radius 1 is 1.28 bits per heavy atom. The Kier molecular flexibility index (Phi) is 4.82. The maximum Gasteiger partial charge on any atom is 0.330 e. The van der Waals surface area contributed by atoms with Crippen molar-refractivity contribution < 1.29 is 9.76 Å². The molecule has 3 nitrogen and oxygen atoms in total. The zero-order valence-corrected chi connectivity index (χ0v) is 11.9. The second kappa shape index (κ2) is 5.76. The van der Waals surface area contributed by atoms with E-state index in [0.717, 1.165) is 17.7 Å². The molecule has 1 aromatic rings. The van der Waals surface area contributed by atoms with Crippen LogP contribution in [0.25, 0.3) is 0 Å². The monoisotopic (exact) mass is 248 g/mol. The van der Waals surface area contributed by atoms with Crippen molar-refractivity contribution in [1.82, 2.24) is 0 Å². The highest BCUT2D eigenvalue weighted by molar-refractivity contribution is 6.47. The zero-order chi connectivity index (χ0) is 13.8. The maximum atomic E-state index is 10.0.